The first-order chi connectivity index (χ1) is 8.99. The summed E-state index contributed by atoms with van der Waals surface area (Å²) >= 11 is 0. The van der Waals surface area contributed by atoms with Crippen LogP contribution in [0.15, 0.2) is 12.1 Å². The largest absolute Gasteiger partial charge is 0.338 e. The number of amides is 1. The second-order valence-corrected chi connectivity index (χ2v) is 5.60. The van der Waals surface area contributed by atoms with E-state index in [1.807, 2.05) is 37.8 Å². The second-order valence-electron chi connectivity index (χ2n) is 5.60. The van der Waals surface area contributed by atoms with Crippen LogP contribution in [0.4, 0.5) is 0 Å². The number of carbonyl (C=O) groups excluding carboxylic acids is 1. The Kier molecular flexibility index (Phi) is 4.20. The molecule has 1 amide bonds. The lowest BCUT2D eigenvalue weighted by Gasteiger charge is -2.34. The molecule has 1 saturated heterocycles. The molecular formula is C15H23N3O. The third-order valence-electron chi connectivity index (χ3n) is 3.94. The zero-order chi connectivity index (χ0) is 14.0. The molecule has 0 saturated carbocycles. The monoisotopic (exact) mass is 261 g/mol. The molecule has 2 atom stereocenters. The maximum atomic E-state index is 12.5. The average molecular weight is 261 g/mol. The van der Waals surface area contributed by atoms with Crippen molar-refractivity contribution in [2.24, 2.45) is 11.7 Å². The maximum absolute atomic E-state index is 12.5. The van der Waals surface area contributed by atoms with Gasteiger partial charge in [0.15, 0.2) is 0 Å². The van der Waals surface area contributed by atoms with E-state index in [1.54, 1.807) is 0 Å². The summed E-state index contributed by atoms with van der Waals surface area (Å²) in [5.74, 6) is 0.506. The highest BCUT2D eigenvalue weighted by atomic mass is 16.2. The predicted octanol–water partition coefficient (Wildman–Crippen LogP) is 1.90. The van der Waals surface area contributed by atoms with Gasteiger partial charge in [0.2, 0.25) is 0 Å². The number of hydrogen-bond acceptors (Lipinski definition) is 3. The number of carbonyl (C=O) groups is 1. The molecule has 0 radical (unpaired) electrons. The first-order valence-corrected chi connectivity index (χ1v) is 6.98. The minimum Gasteiger partial charge on any atom is -0.338 e. The van der Waals surface area contributed by atoms with E-state index >= 15 is 0 Å². The number of pyridine rings is 1. The van der Waals surface area contributed by atoms with Crippen LogP contribution in [-0.4, -0.2) is 34.9 Å². The number of aromatic nitrogens is 1. The smallest absolute Gasteiger partial charge is 0.255 e. The van der Waals surface area contributed by atoms with Crippen LogP contribution in [0.3, 0.4) is 0 Å². The fourth-order valence-corrected chi connectivity index (χ4v) is 2.71. The van der Waals surface area contributed by atoms with E-state index in [9.17, 15) is 4.79 Å². The Bertz CT molecular complexity index is 470. The summed E-state index contributed by atoms with van der Waals surface area (Å²) in [6.45, 7) is 7.46. The SMILES string of the molecule is Cc1ccc(C(=O)N2CCC[C@H]([C@H](C)N)C2)c(C)n1. The number of rotatable bonds is 2. The van der Waals surface area contributed by atoms with Crippen molar-refractivity contribution < 1.29 is 4.79 Å². The van der Waals surface area contributed by atoms with E-state index in [2.05, 4.69) is 4.98 Å². The van der Waals surface area contributed by atoms with Gasteiger partial charge in [-0.1, -0.05) is 0 Å². The molecule has 4 nitrogen and oxygen atoms in total. The number of nitrogens with two attached hydrogens (primary N) is 1. The van der Waals surface area contributed by atoms with E-state index < -0.39 is 0 Å². The number of piperidine rings is 1. The fraction of sp³-hybridized carbons (Fsp3) is 0.600. The van der Waals surface area contributed by atoms with Crippen molar-refractivity contribution >= 4 is 5.91 Å². The van der Waals surface area contributed by atoms with Gasteiger partial charge >= 0.3 is 0 Å². The predicted molar refractivity (Wildman–Crippen MR) is 76.0 cm³/mol. The number of likely N-dealkylation sites (tertiary alicyclic amines) is 1. The van der Waals surface area contributed by atoms with Gasteiger partial charge in [-0.05, 0) is 51.7 Å². The molecule has 104 valence electrons. The Hall–Kier alpha value is -1.42. The minimum atomic E-state index is 0.0929. The average Bonchev–Trinajstić information content (AvgIpc) is 2.38. The summed E-state index contributed by atoms with van der Waals surface area (Å²) < 4.78 is 0. The Morgan fingerprint density at radius 1 is 1.47 bits per heavy atom. The topological polar surface area (TPSA) is 59.2 Å². The van der Waals surface area contributed by atoms with Crippen LogP contribution in [0.5, 0.6) is 0 Å². The van der Waals surface area contributed by atoms with Crippen LogP contribution in [-0.2, 0) is 0 Å². The van der Waals surface area contributed by atoms with Crippen molar-refractivity contribution in [2.45, 2.75) is 39.7 Å². The number of aryl methyl sites for hydroxylation is 2. The standard InChI is InChI=1S/C15H23N3O/c1-10-6-7-14(12(3)17-10)15(19)18-8-4-5-13(9-18)11(2)16/h6-7,11,13H,4-5,8-9,16H2,1-3H3/t11-,13-/m0/s1. The first-order valence-electron chi connectivity index (χ1n) is 6.98. The fourth-order valence-electron chi connectivity index (χ4n) is 2.71. The molecule has 1 aliphatic rings. The third kappa shape index (κ3) is 3.13. The zero-order valence-corrected chi connectivity index (χ0v) is 12.0. The third-order valence-corrected chi connectivity index (χ3v) is 3.94. The van der Waals surface area contributed by atoms with Crippen molar-refractivity contribution in [2.75, 3.05) is 13.1 Å². The van der Waals surface area contributed by atoms with E-state index in [4.69, 9.17) is 5.73 Å². The number of hydrogen-bond donors (Lipinski definition) is 1. The van der Waals surface area contributed by atoms with Gasteiger partial charge in [0.25, 0.3) is 5.91 Å². The van der Waals surface area contributed by atoms with Gasteiger partial charge in [0, 0.05) is 24.8 Å². The summed E-state index contributed by atoms with van der Waals surface area (Å²) in [5.41, 5.74) is 8.44. The highest BCUT2D eigenvalue weighted by molar-refractivity contribution is 5.95. The second kappa shape index (κ2) is 5.70. The van der Waals surface area contributed by atoms with Crippen molar-refractivity contribution in [1.29, 1.82) is 0 Å². The van der Waals surface area contributed by atoms with Gasteiger partial charge < -0.3 is 10.6 Å². The molecule has 1 aromatic rings. The van der Waals surface area contributed by atoms with Crippen LogP contribution in [0.25, 0.3) is 0 Å². The van der Waals surface area contributed by atoms with Crippen molar-refractivity contribution in [3.05, 3.63) is 29.1 Å². The molecule has 0 bridgehead atoms. The molecule has 0 aromatic carbocycles. The molecule has 1 aliphatic heterocycles. The summed E-state index contributed by atoms with van der Waals surface area (Å²) in [6.07, 6.45) is 2.16. The highest BCUT2D eigenvalue weighted by Gasteiger charge is 2.27. The molecule has 0 aliphatic carbocycles. The summed E-state index contributed by atoms with van der Waals surface area (Å²) in [5, 5.41) is 0. The van der Waals surface area contributed by atoms with E-state index in [1.165, 1.54) is 0 Å². The zero-order valence-electron chi connectivity index (χ0n) is 12.0. The van der Waals surface area contributed by atoms with E-state index in [0.717, 1.165) is 42.9 Å². The summed E-state index contributed by atoms with van der Waals surface area (Å²) in [6, 6.07) is 3.93. The van der Waals surface area contributed by atoms with Gasteiger partial charge in [0.1, 0.15) is 0 Å². The Balaban J connectivity index is 2.15. The lowest BCUT2D eigenvalue weighted by molar-refractivity contribution is 0.0659. The Morgan fingerprint density at radius 2 is 2.21 bits per heavy atom. The molecular weight excluding hydrogens is 238 g/mol. The van der Waals surface area contributed by atoms with Gasteiger partial charge in [-0.3, -0.25) is 9.78 Å². The number of nitrogens with zero attached hydrogens (tertiary/aromatic N) is 2. The molecule has 1 aromatic heterocycles. The van der Waals surface area contributed by atoms with Gasteiger partial charge in [-0.25, -0.2) is 0 Å². The van der Waals surface area contributed by atoms with Gasteiger partial charge in [-0.15, -0.1) is 0 Å². The Labute approximate surface area is 115 Å². The van der Waals surface area contributed by atoms with Gasteiger partial charge in [0.05, 0.1) is 11.3 Å². The van der Waals surface area contributed by atoms with Crippen LogP contribution in [0, 0.1) is 19.8 Å². The van der Waals surface area contributed by atoms with Crippen LogP contribution < -0.4 is 5.73 Å². The van der Waals surface area contributed by atoms with Gasteiger partial charge in [-0.2, -0.15) is 0 Å². The highest BCUT2D eigenvalue weighted by Crippen LogP contribution is 2.21. The molecule has 0 spiro atoms. The molecule has 2 rings (SSSR count). The van der Waals surface area contributed by atoms with E-state index in [0.29, 0.717) is 5.92 Å². The van der Waals surface area contributed by atoms with Crippen molar-refractivity contribution in [1.82, 2.24) is 9.88 Å². The van der Waals surface area contributed by atoms with E-state index in [-0.39, 0.29) is 11.9 Å². The van der Waals surface area contributed by atoms with Crippen LogP contribution in [0.1, 0.15) is 41.5 Å². The molecule has 2 N–H and O–H groups in total. The Morgan fingerprint density at radius 3 is 2.84 bits per heavy atom. The van der Waals surface area contributed by atoms with Crippen LogP contribution >= 0.6 is 0 Å². The first kappa shape index (κ1) is 14.0. The normalized spacial score (nSPS) is 21.3. The van der Waals surface area contributed by atoms with Crippen molar-refractivity contribution in [3.63, 3.8) is 0 Å². The summed E-state index contributed by atoms with van der Waals surface area (Å²) in [4.78, 5) is 18.8. The summed E-state index contributed by atoms with van der Waals surface area (Å²) in [7, 11) is 0. The minimum absolute atomic E-state index is 0.0929. The molecule has 4 heteroatoms. The molecule has 0 unspecified atom stereocenters. The molecule has 1 fully saturated rings. The lowest BCUT2D eigenvalue weighted by Crippen LogP contribution is -2.45. The maximum Gasteiger partial charge on any atom is 0.255 e. The quantitative estimate of drug-likeness (QED) is 0.884. The molecule has 2 heterocycles. The molecule has 19 heavy (non-hydrogen) atoms. The lowest BCUT2D eigenvalue weighted by atomic mass is 9.92. The van der Waals surface area contributed by atoms with Crippen molar-refractivity contribution in [3.8, 4) is 0 Å². The van der Waals surface area contributed by atoms with Crippen LogP contribution in [0.2, 0.25) is 0 Å².